The van der Waals surface area contributed by atoms with Crippen LogP contribution in [0.15, 0.2) is 0 Å². The Morgan fingerprint density at radius 1 is 1.53 bits per heavy atom. The van der Waals surface area contributed by atoms with Crippen molar-refractivity contribution in [2.45, 2.75) is 18.6 Å². The molecule has 87 valence electrons. The summed E-state index contributed by atoms with van der Waals surface area (Å²) in [6.07, 6.45) is -4.25. The van der Waals surface area contributed by atoms with Gasteiger partial charge in [-0.05, 0) is 13.0 Å². The third-order valence-corrected chi connectivity index (χ3v) is 2.38. The number of alkyl halides is 3. The molecule has 6 heteroatoms. The number of rotatable bonds is 3. The Hall–Kier alpha value is -0.620. The predicted octanol–water partition coefficient (Wildman–Crippen LogP) is 0.616. The highest BCUT2D eigenvalue weighted by molar-refractivity contribution is 5.89. The third-order valence-electron chi connectivity index (χ3n) is 2.38. The molecule has 1 rings (SSSR count). The van der Waals surface area contributed by atoms with Gasteiger partial charge in [0.2, 0.25) is 0 Å². The van der Waals surface area contributed by atoms with Crippen molar-refractivity contribution in [2.75, 3.05) is 26.2 Å². The molecule has 1 atom stereocenters. The summed E-state index contributed by atoms with van der Waals surface area (Å²) in [5.41, 5.74) is 0. The van der Waals surface area contributed by atoms with Gasteiger partial charge in [0.05, 0.1) is 6.04 Å². The molecule has 1 radical (unpaired) electrons. The van der Waals surface area contributed by atoms with Crippen LogP contribution >= 0.6 is 0 Å². The van der Waals surface area contributed by atoms with Crippen LogP contribution in [-0.2, 0) is 4.79 Å². The van der Waals surface area contributed by atoms with Gasteiger partial charge in [-0.1, -0.05) is 6.92 Å². The maximum Gasteiger partial charge on any atom is 0.451 e. The number of hydrogen-bond acceptors (Lipinski definition) is 3. The minimum absolute atomic E-state index is 0.0678. The highest BCUT2D eigenvalue weighted by Gasteiger charge is 2.45. The van der Waals surface area contributed by atoms with E-state index in [1.54, 1.807) is 4.90 Å². The molecule has 1 saturated heterocycles. The summed E-state index contributed by atoms with van der Waals surface area (Å²) >= 11 is 0. The van der Waals surface area contributed by atoms with E-state index in [-0.39, 0.29) is 6.54 Å². The number of halogens is 3. The van der Waals surface area contributed by atoms with E-state index in [0.29, 0.717) is 26.1 Å². The first-order valence-electron chi connectivity index (χ1n) is 4.82. The summed E-state index contributed by atoms with van der Waals surface area (Å²) in [7, 11) is 0. The van der Waals surface area contributed by atoms with Gasteiger partial charge >= 0.3 is 6.18 Å². The second-order valence-corrected chi connectivity index (χ2v) is 3.47. The largest absolute Gasteiger partial charge is 0.451 e. The normalized spacial score (nSPS) is 24.1. The molecule has 1 N–H and O–H groups in total. The monoisotopic (exact) mass is 223 g/mol. The zero-order valence-electron chi connectivity index (χ0n) is 8.31. The zero-order chi connectivity index (χ0) is 11.5. The molecule has 3 nitrogen and oxygen atoms in total. The molecule has 1 unspecified atom stereocenters. The Kier molecular flexibility index (Phi) is 4.10. The number of nitrogens with one attached hydrogen (secondary N) is 1. The minimum Gasteiger partial charge on any atom is -0.313 e. The summed E-state index contributed by atoms with van der Waals surface area (Å²) < 4.78 is 36.7. The topological polar surface area (TPSA) is 32.3 Å². The Balaban J connectivity index is 2.67. The van der Waals surface area contributed by atoms with Crippen molar-refractivity contribution in [3.8, 4) is 0 Å². The van der Waals surface area contributed by atoms with Crippen LogP contribution in [0.1, 0.15) is 6.42 Å². The third kappa shape index (κ3) is 3.17. The Bertz CT molecular complexity index is 228. The number of piperazine rings is 1. The molecule has 0 amide bonds. The van der Waals surface area contributed by atoms with E-state index in [2.05, 4.69) is 12.2 Å². The highest BCUT2D eigenvalue weighted by atomic mass is 19.4. The number of hydrogen-bond donors (Lipinski definition) is 1. The molecule has 1 aliphatic heterocycles. The molecule has 15 heavy (non-hydrogen) atoms. The van der Waals surface area contributed by atoms with E-state index < -0.39 is 18.0 Å². The van der Waals surface area contributed by atoms with Crippen molar-refractivity contribution in [1.82, 2.24) is 10.2 Å². The lowest BCUT2D eigenvalue weighted by molar-refractivity contribution is -0.177. The van der Waals surface area contributed by atoms with E-state index in [9.17, 15) is 18.0 Å². The van der Waals surface area contributed by atoms with Gasteiger partial charge in [-0.25, -0.2) is 0 Å². The van der Waals surface area contributed by atoms with E-state index in [4.69, 9.17) is 0 Å². The molecule has 1 aliphatic rings. The molecular formula is C9H14F3N2O. The van der Waals surface area contributed by atoms with Crippen LogP contribution < -0.4 is 5.32 Å². The Labute approximate surface area is 86.6 Å². The minimum atomic E-state index is -4.75. The molecular weight excluding hydrogens is 209 g/mol. The average molecular weight is 223 g/mol. The number of carbonyl (C=O) groups excluding carboxylic acids is 1. The highest BCUT2D eigenvalue weighted by Crippen LogP contribution is 2.21. The first-order chi connectivity index (χ1) is 6.96. The van der Waals surface area contributed by atoms with Gasteiger partial charge in [0.25, 0.3) is 5.78 Å². The molecule has 0 aliphatic carbocycles. The fourth-order valence-electron chi connectivity index (χ4n) is 1.66. The summed E-state index contributed by atoms with van der Waals surface area (Å²) in [5.74, 6) is -1.66. The van der Waals surface area contributed by atoms with Gasteiger partial charge in [0.15, 0.2) is 0 Å². The lowest BCUT2D eigenvalue weighted by Crippen LogP contribution is -2.57. The van der Waals surface area contributed by atoms with Crippen molar-refractivity contribution >= 4 is 5.78 Å². The molecule has 0 aromatic rings. The average Bonchev–Trinajstić information content (AvgIpc) is 2.17. The van der Waals surface area contributed by atoms with Crippen LogP contribution in [0, 0.1) is 6.92 Å². The number of nitrogens with zero attached hydrogens (tertiary/aromatic N) is 1. The van der Waals surface area contributed by atoms with Gasteiger partial charge in [-0.2, -0.15) is 13.2 Å². The van der Waals surface area contributed by atoms with Crippen LogP contribution in [0.5, 0.6) is 0 Å². The molecule has 1 heterocycles. The van der Waals surface area contributed by atoms with E-state index in [1.807, 2.05) is 0 Å². The van der Waals surface area contributed by atoms with Crippen LogP contribution in [0.3, 0.4) is 0 Å². The predicted molar refractivity (Wildman–Crippen MR) is 49.3 cm³/mol. The smallest absolute Gasteiger partial charge is 0.313 e. The summed E-state index contributed by atoms with van der Waals surface area (Å²) in [6, 6.07) is -1.08. The van der Waals surface area contributed by atoms with Crippen molar-refractivity contribution in [3.63, 3.8) is 0 Å². The second-order valence-electron chi connectivity index (χ2n) is 3.47. The standard InChI is InChI=1S/C9H14F3N2O/c1-2-4-14-5-3-13-6-7(14)8(15)9(10,11)12/h7,13H,1-6H2. The lowest BCUT2D eigenvalue weighted by atomic mass is 10.1. The maximum absolute atomic E-state index is 12.2. The van der Waals surface area contributed by atoms with Gasteiger partial charge in [-0.3, -0.25) is 9.69 Å². The molecule has 0 spiro atoms. The molecule has 0 aromatic heterocycles. The van der Waals surface area contributed by atoms with Crippen molar-refractivity contribution in [3.05, 3.63) is 6.92 Å². The second kappa shape index (κ2) is 4.94. The first kappa shape index (κ1) is 12.4. The van der Waals surface area contributed by atoms with E-state index in [1.165, 1.54) is 0 Å². The van der Waals surface area contributed by atoms with Gasteiger partial charge < -0.3 is 5.32 Å². The summed E-state index contributed by atoms with van der Waals surface area (Å²) in [5, 5.41) is 2.79. The van der Waals surface area contributed by atoms with Gasteiger partial charge in [-0.15, -0.1) is 0 Å². The first-order valence-corrected chi connectivity index (χ1v) is 4.82. The SMILES string of the molecule is [CH2]CCN1CCNCC1C(=O)C(F)(F)F. The van der Waals surface area contributed by atoms with Crippen LogP contribution in [-0.4, -0.2) is 49.1 Å². The van der Waals surface area contributed by atoms with Gasteiger partial charge in [0, 0.05) is 19.6 Å². The number of carbonyl (C=O) groups is 1. The van der Waals surface area contributed by atoms with E-state index in [0.717, 1.165) is 0 Å². The number of ketones is 1. The van der Waals surface area contributed by atoms with Crippen molar-refractivity contribution in [2.24, 2.45) is 0 Å². The van der Waals surface area contributed by atoms with Crippen molar-refractivity contribution < 1.29 is 18.0 Å². The quantitative estimate of drug-likeness (QED) is 0.761. The van der Waals surface area contributed by atoms with Crippen LogP contribution in [0.25, 0.3) is 0 Å². The molecule has 0 bridgehead atoms. The molecule has 1 fully saturated rings. The van der Waals surface area contributed by atoms with Gasteiger partial charge in [0.1, 0.15) is 0 Å². The van der Waals surface area contributed by atoms with Crippen molar-refractivity contribution in [1.29, 1.82) is 0 Å². The fraction of sp³-hybridized carbons (Fsp3) is 0.778. The maximum atomic E-state index is 12.2. The van der Waals surface area contributed by atoms with Crippen LogP contribution in [0.4, 0.5) is 13.2 Å². The van der Waals surface area contributed by atoms with Crippen LogP contribution in [0.2, 0.25) is 0 Å². The van der Waals surface area contributed by atoms with E-state index >= 15 is 0 Å². The zero-order valence-corrected chi connectivity index (χ0v) is 8.31. The Morgan fingerprint density at radius 3 is 2.73 bits per heavy atom. The lowest BCUT2D eigenvalue weighted by Gasteiger charge is -2.35. The fourth-order valence-corrected chi connectivity index (χ4v) is 1.66. The molecule has 0 saturated carbocycles. The summed E-state index contributed by atoms with van der Waals surface area (Å²) in [4.78, 5) is 12.6. The molecule has 0 aromatic carbocycles. The Morgan fingerprint density at radius 2 is 2.20 bits per heavy atom. The summed E-state index contributed by atoms with van der Waals surface area (Å²) in [6.45, 7) is 5.15. The number of Topliss-reactive ketones (excluding diaryl/α,β-unsaturated/α-hetero) is 1.